The lowest BCUT2D eigenvalue weighted by atomic mass is 10.2. The quantitative estimate of drug-likeness (QED) is 0.842. The summed E-state index contributed by atoms with van der Waals surface area (Å²) in [5.74, 6) is 0.182. The predicted molar refractivity (Wildman–Crippen MR) is 84.7 cm³/mol. The molecule has 1 N–H and O–H groups in total. The lowest BCUT2D eigenvalue weighted by molar-refractivity contribution is 0.553. The fraction of sp³-hybridized carbons (Fsp3) is 0.733. The van der Waals surface area contributed by atoms with Crippen LogP contribution in [0.5, 0.6) is 0 Å². The van der Waals surface area contributed by atoms with E-state index in [0.29, 0.717) is 12.6 Å². The Balaban J connectivity index is 2.61. The SMILES string of the molecule is CCCNC(C)c1ccn(CCS(=O)(=O)C(C)(C)C)c1. The lowest BCUT2D eigenvalue weighted by Crippen LogP contribution is -2.31. The van der Waals surface area contributed by atoms with Crippen molar-refractivity contribution in [1.82, 2.24) is 9.88 Å². The number of aromatic nitrogens is 1. The maximum absolute atomic E-state index is 12.1. The Bertz CT molecular complexity index is 512. The van der Waals surface area contributed by atoms with Gasteiger partial charge in [-0.15, -0.1) is 0 Å². The van der Waals surface area contributed by atoms with Crippen LogP contribution >= 0.6 is 0 Å². The Morgan fingerprint density at radius 2 is 2.00 bits per heavy atom. The summed E-state index contributed by atoms with van der Waals surface area (Å²) in [5.41, 5.74) is 1.20. The highest BCUT2D eigenvalue weighted by molar-refractivity contribution is 7.92. The first kappa shape index (κ1) is 17.2. The molecule has 4 nitrogen and oxygen atoms in total. The molecule has 0 spiro atoms. The smallest absolute Gasteiger partial charge is 0.156 e. The van der Waals surface area contributed by atoms with Crippen molar-refractivity contribution in [1.29, 1.82) is 0 Å². The second-order valence-corrected chi connectivity index (χ2v) is 9.15. The minimum Gasteiger partial charge on any atom is -0.353 e. The lowest BCUT2D eigenvalue weighted by Gasteiger charge is -2.19. The molecule has 0 saturated heterocycles. The van der Waals surface area contributed by atoms with E-state index >= 15 is 0 Å². The van der Waals surface area contributed by atoms with Gasteiger partial charge in [0, 0.05) is 25.0 Å². The van der Waals surface area contributed by atoms with Gasteiger partial charge in [-0.2, -0.15) is 0 Å². The maximum Gasteiger partial charge on any atom is 0.156 e. The molecular weight excluding hydrogens is 272 g/mol. The van der Waals surface area contributed by atoms with Crippen molar-refractivity contribution in [3.63, 3.8) is 0 Å². The van der Waals surface area contributed by atoms with Gasteiger partial charge in [-0.05, 0) is 52.3 Å². The van der Waals surface area contributed by atoms with E-state index in [1.54, 1.807) is 20.8 Å². The van der Waals surface area contributed by atoms with E-state index in [0.717, 1.165) is 13.0 Å². The summed E-state index contributed by atoms with van der Waals surface area (Å²) in [6.45, 7) is 11.0. The molecule has 0 aromatic carbocycles. The summed E-state index contributed by atoms with van der Waals surface area (Å²) in [6.07, 6.45) is 5.10. The zero-order chi connectivity index (χ0) is 15.4. The van der Waals surface area contributed by atoms with Crippen LogP contribution < -0.4 is 5.32 Å². The molecule has 0 aliphatic heterocycles. The van der Waals surface area contributed by atoms with E-state index in [2.05, 4.69) is 25.2 Å². The third-order valence-corrected chi connectivity index (χ3v) is 6.11. The van der Waals surface area contributed by atoms with Crippen LogP contribution in [0.2, 0.25) is 0 Å². The van der Waals surface area contributed by atoms with Gasteiger partial charge in [-0.25, -0.2) is 8.42 Å². The van der Waals surface area contributed by atoms with Gasteiger partial charge in [0.15, 0.2) is 9.84 Å². The largest absolute Gasteiger partial charge is 0.353 e. The zero-order valence-electron chi connectivity index (χ0n) is 13.3. The molecule has 116 valence electrons. The molecule has 0 bridgehead atoms. The van der Waals surface area contributed by atoms with E-state index in [9.17, 15) is 8.42 Å². The van der Waals surface area contributed by atoms with E-state index in [1.807, 2.05) is 17.0 Å². The molecule has 0 aliphatic carbocycles. The summed E-state index contributed by atoms with van der Waals surface area (Å²) in [5, 5.41) is 3.43. The standard InChI is InChI=1S/C15H28N2O2S/c1-6-8-16-13(2)14-7-9-17(12-14)10-11-20(18,19)15(3,4)5/h7,9,12-13,16H,6,8,10-11H2,1-5H3. The van der Waals surface area contributed by atoms with Crippen molar-refractivity contribution >= 4 is 9.84 Å². The van der Waals surface area contributed by atoms with Crippen molar-refractivity contribution in [2.45, 2.75) is 58.4 Å². The first-order valence-corrected chi connectivity index (χ1v) is 8.94. The van der Waals surface area contributed by atoms with Crippen LogP contribution in [0.3, 0.4) is 0 Å². The molecule has 1 atom stereocenters. The molecule has 0 amide bonds. The maximum atomic E-state index is 12.1. The van der Waals surface area contributed by atoms with Crippen LogP contribution in [0.4, 0.5) is 0 Å². The zero-order valence-corrected chi connectivity index (χ0v) is 14.1. The fourth-order valence-electron chi connectivity index (χ4n) is 1.87. The summed E-state index contributed by atoms with van der Waals surface area (Å²) in [4.78, 5) is 0. The molecule has 1 heterocycles. The van der Waals surface area contributed by atoms with Crippen LogP contribution in [-0.4, -0.2) is 30.0 Å². The highest BCUT2D eigenvalue weighted by Crippen LogP contribution is 2.17. The van der Waals surface area contributed by atoms with Crippen molar-refractivity contribution < 1.29 is 8.42 Å². The van der Waals surface area contributed by atoms with Crippen LogP contribution in [0.1, 0.15) is 52.6 Å². The minimum absolute atomic E-state index is 0.182. The van der Waals surface area contributed by atoms with Crippen molar-refractivity contribution in [3.8, 4) is 0 Å². The number of rotatable bonds is 7. The molecule has 1 rings (SSSR count). The van der Waals surface area contributed by atoms with Crippen LogP contribution in [0.15, 0.2) is 18.5 Å². The van der Waals surface area contributed by atoms with Gasteiger partial charge in [-0.1, -0.05) is 6.92 Å². The van der Waals surface area contributed by atoms with Gasteiger partial charge >= 0.3 is 0 Å². The van der Waals surface area contributed by atoms with E-state index in [-0.39, 0.29) is 5.75 Å². The number of hydrogen-bond donors (Lipinski definition) is 1. The molecule has 0 fully saturated rings. The van der Waals surface area contributed by atoms with Crippen molar-refractivity contribution in [2.24, 2.45) is 0 Å². The van der Waals surface area contributed by atoms with Gasteiger partial charge < -0.3 is 9.88 Å². The molecule has 0 saturated carbocycles. The third kappa shape index (κ3) is 4.63. The Morgan fingerprint density at radius 3 is 2.55 bits per heavy atom. The van der Waals surface area contributed by atoms with Crippen LogP contribution in [0.25, 0.3) is 0 Å². The molecule has 0 radical (unpaired) electrons. The van der Waals surface area contributed by atoms with Crippen LogP contribution in [-0.2, 0) is 16.4 Å². The minimum atomic E-state index is -3.06. The average molecular weight is 300 g/mol. The molecule has 5 heteroatoms. The van der Waals surface area contributed by atoms with Gasteiger partial charge in [-0.3, -0.25) is 0 Å². The highest BCUT2D eigenvalue weighted by Gasteiger charge is 2.28. The van der Waals surface area contributed by atoms with E-state index in [4.69, 9.17) is 0 Å². The summed E-state index contributed by atoms with van der Waals surface area (Å²) < 4.78 is 25.4. The second kappa shape index (κ2) is 6.76. The fourth-order valence-corrected chi connectivity index (χ4v) is 2.93. The summed E-state index contributed by atoms with van der Waals surface area (Å²) >= 11 is 0. The monoisotopic (exact) mass is 300 g/mol. The molecule has 0 aliphatic rings. The summed E-state index contributed by atoms with van der Waals surface area (Å²) in [7, 11) is -3.06. The first-order chi connectivity index (χ1) is 9.17. The molecule has 20 heavy (non-hydrogen) atoms. The van der Waals surface area contributed by atoms with Gasteiger partial charge in [0.05, 0.1) is 10.5 Å². The topological polar surface area (TPSA) is 51.1 Å². The van der Waals surface area contributed by atoms with Gasteiger partial charge in [0.2, 0.25) is 0 Å². The number of nitrogens with zero attached hydrogens (tertiary/aromatic N) is 1. The second-order valence-electron chi connectivity index (χ2n) is 6.29. The Morgan fingerprint density at radius 1 is 1.35 bits per heavy atom. The van der Waals surface area contributed by atoms with Gasteiger partial charge in [0.25, 0.3) is 0 Å². The van der Waals surface area contributed by atoms with Crippen molar-refractivity contribution in [3.05, 3.63) is 24.0 Å². The Labute approximate surface area is 123 Å². The van der Waals surface area contributed by atoms with Gasteiger partial charge in [0.1, 0.15) is 0 Å². The third-order valence-electron chi connectivity index (χ3n) is 3.53. The highest BCUT2D eigenvalue weighted by atomic mass is 32.2. The summed E-state index contributed by atoms with van der Waals surface area (Å²) in [6, 6.07) is 2.35. The van der Waals surface area contributed by atoms with Crippen molar-refractivity contribution in [2.75, 3.05) is 12.3 Å². The predicted octanol–water partition coefficient (Wildman–Crippen LogP) is 2.76. The first-order valence-electron chi connectivity index (χ1n) is 7.28. The molecule has 1 aromatic rings. The number of hydrogen-bond acceptors (Lipinski definition) is 3. The Hall–Kier alpha value is -0.810. The molecule has 1 aromatic heterocycles. The van der Waals surface area contributed by atoms with Crippen LogP contribution in [0, 0.1) is 0 Å². The number of sulfone groups is 1. The molecule has 1 unspecified atom stereocenters. The molecular formula is C15H28N2O2S. The number of aryl methyl sites for hydroxylation is 1. The van der Waals surface area contributed by atoms with E-state index < -0.39 is 14.6 Å². The number of nitrogens with one attached hydrogen (secondary N) is 1. The normalized spacial score (nSPS) is 14.4. The Kier molecular flexibility index (Phi) is 5.83. The average Bonchev–Trinajstić information content (AvgIpc) is 2.81. The van der Waals surface area contributed by atoms with E-state index in [1.165, 1.54) is 5.56 Å².